The fourth-order valence-corrected chi connectivity index (χ4v) is 3.81. The van der Waals surface area contributed by atoms with Gasteiger partial charge in [0.15, 0.2) is 0 Å². The minimum atomic E-state index is -3.53. The van der Waals surface area contributed by atoms with Crippen molar-refractivity contribution in [1.82, 2.24) is 14.7 Å². The number of aromatic nitrogens is 2. The van der Waals surface area contributed by atoms with Crippen molar-refractivity contribution in [3.05, 3.63) is 40.3 Å². The van der Waals surface area contributed by atoms with Gasteiger partial charge in [-0.3, -0.25) is 0 Å². The first kappa shape index (κ1) is 13.4. The number of hydrogen-bond donors (Lipinski definition) is 1. The van der Waals surface area contributed by atoms with Crippen LogP contribution in [0.25, 0.3) is 0 Å². The van der Waals surface area contributed by atoms with E-state index in [1.165, 1.54) is 12.4 Å². The average molecular weight is 304 g/mol. The van der Waals surface area contributed by atoms with Crippen molar-refractivity contribution in [3.63, 3.8) is 0 Å². The molecule has 1 N–H and O–H groups in total. The largest absolute Gasteiger partial charge is 0.250 e. The lowest BCUT2D eigenvalue weighted by atomic mass is 10.3. The fraction of sp³-hybridized carbons (Fsp3) is 0.200. The molecular formula is C10H10ClN3O2S2. The van der Waals surface area contributed by atoms with Crippen molar-refractivity contribution in [2.75, 3.05) is 0 Å². The molecule has 0 fully saturated rings. The van der Waals surface area contributed by atoms with Crippen LogP contribution in [0.4, 0.5) is 0 Å². The summed E-state index contributed by atoms with van der Waals surface area (Å²) in [5.74, 6) is 0. The Bertz CT molecular complexity index is 655. The molecule has 18 heavy (non-hydrogen) atoms. The maximum absolute atomic E-state index is 11.9. The maximum Gasteiger partial charge on any atom is 0.250 e. The molecule has 2 aromatic heterocycles. The van der Waals surface area contributed by atoms with Crippen LogP contribution in [0.2, 0.25) is 4.34 Å². The smallest absolute Gasteiger partial charge is 0.242 e. The van der Waals surface area contributed by atoms with Gasteiger partial charge in [0.1, 0.15) is 10.5 Å². The van der Waals surface area contributed by atoms with Crippen LogP contribution in [0.3, 0.4) is 0 Å². The molecule has 0 amide bonds. The number of nitrogens with zero attached hydrogens (tertiary/aromatic N) is 2. The first-order valence-corrected chi connectivity index (χ1v) is 7.68. The standard InChI is InChI=1S/C10H10ClN3O2S2/c1-7-4-8(13-6-12-7)5-14-18(15,16)10-3-2-9(11)17-10/h2-4,6,14H,5H2,1H3. The van der Waals surface area contributed by atoms with Crippen molar-refractivity contribution in [1.29, 1.82) is 0 Å². The lowest BCUT2D eigenvalue weighted by Crippen LogP contribution is -2.23. The molecule has 2 aromatic rings. The van der Waals surface area contributed by atoms with Gasteiger partial charge in [0.05, 0.1) is 16.6 Å². The highest BCUT2D eigenvalue weighted by atomic mass is 35.5. The van der Waals surface area contributed by atoms with Gasteiger partial charge >= 0.3 is 0 Å². The van der Waals surface area contributed by atoms with Gasteiger partial charge in [0.2, 0.25) is 10.0 Å². The summed E-state index contributed by atoms with van der Waals surface area (Å²) in [4.78, 5) is 7.92. The van der Waals surface area contributed by atoms with Crippen LogP contribution in [-0.2, 0) is 16.6 Å². The molecule has 0 unspecified atom stereocenters. The highest BCUT2D eigenvalue weighted by molar-refractivity contribution is 7.91. The lowest BCUT2D eigenvalue weighted by Gasteiger charge is -2.04. The van der Waals surface area contributed by atoms with Gasteiger partial charge in [0, 0.05) is 5.69 Å². The first-order chi connectivity index (χ1) is 8.47. The molecular weight excluding hydrogens is 294 g/mol. The Morgan fingerprint density at radius 2 is 2.17 bits per heavy atom. The summed E-state index contributed by atoms with van der Waals surface area (Å²) >= 11 is 6.73. The lowest BCUT2D eigenvalue weighted by molar-refractivity contribution is 0.582. The number of nitrogens with one attached hydrogen (secondary N) is 1. The van der Waals surface area contributed by atoms with E-state index >= 15 is 0 Å². The second-order valence-corrected chi connectivity index (χ2v) is 7.24. The summed E-state index contributed by atoms with van der Waals surface area (Å²) in [5, 5.41) is 0. The predicted molar refractivity (Wildman–Crippen MR) is 70.1 cm³/mol. The molecule has 0 saturated carbocycles. The van der Waals surface area contributed by atoms with Crippen molar-refractivity contribution >= 4 is 33.0 Å². The van der Waals surface area contributed by atoms with E-state index in [4.69, 9.17) is 11.6 Å². The average Bonchev–Trinajstić information content (AvgIpc) is 2.74. The highest BCUT2D eigenvalue weighted by Crippen LogP contribution is 2.25. The van der Waals surface area contributed by atoms with E-state index in [1.54, 1.807) is 12.1 Å². The van der Waals surface area contributed by atoms with Crippen molar-refractivity contribution in [2.24, 2.45) is 0 Å². The van der Waals surface area contributed by atoms with E-state index in [0.717, 1.165) is 17.0 Å². The summed E-state index contributed by atoms with van der Waals surface area (Å²) in [7, 11) is -3.53. The monoisotopic (exact) mass is 303 g/mol. The Labute approximate surface area is 114 Å². The van der Waals surface area contributed by atoms with Crippen LogP contribution in [0, 0.1) is 6.92 Å². The van der Waals surface area contributed by atoms with Crippen LogP contribution in [0.1, 0.15) is 11.4 Å². The minimum absolute atomic E-state index is 0.126. The summed E-state index contributed by atoms with van der Waals surface area (Å²) in [6.45, 7) is 1.94. The van der Waals surface area contributed by atoms with Crippen molar-refractivity contribution in [2.45, 2.75) is 17.7 Å². The molecule has 0 aliphatic rings. The molecule has 0 atom stereocenters. The Morgan fingerprint density at radius 3 is 2.78 bits per heavy atom. The summed E-state index contributed by atoms with van der Waals surface area (Å²) in [6.07, 6.45) is 1.40. The number of hydrogen-bond acceptors (Lipinski definition) is 5. The van der Waals surface area contributed by atoms with Crippen LogP contribution in [0.5, 0.6) is 0 Å². The molecule has 0 aromatic carbocycles. The third-order valence-corrected chi connectivity index (χ3v) is 5.24. The summed E-state index contributed by atoms with van der Waals surface area (Å²) < 4.78 is 26.9. The van der Waals surface area contributed by atoms with E-state index in [1.807, 2.05) is 6.92 Å². The van der Waals surface area contributed by atoms with E-state index < -0.39 is 10.0 Å². The van der Waals surface area contributed by atoms with Gasteiger partial charge in [-0.25, -0.2) is 23.1 Å². The molecule has 0 radical (unpaired) electrons. The topological polar surface area (TPSA) is 72.0 Å². The number of rotatable bonds is 4. The molecule has 0 bridgehead atoms. The van der Waals surface area contributed by atoms with E-state index in [9.17, 15) is 8.42 Å². The highest BCUT2D eigenvalue weighted by Gasteiger charge is 2.16. The molecule has 2 rings (SSSR count). The van der Waals surface area contributed by atoms with Gasteiger partial charge in [-0.15, -0.1) is 11.3 Å². The zero-order chi connectivity index (χ0) is 13.2. The first-order valence-electron chi connectivity index (χ1n) is 5.00. The Balaban J connectivity index is 2.10. The minimum Gasteiger partial charge on any atom is -0.242 e. The maximum atomic E-state index is 11.9. The second-order valence-electron chi connectivity index (χ2n) is 3.53. The SMILES string of the molecule is Cc1cc(CNS(=O)(=O)c2ccc(Cl)s2)ncn1. The Hall–Kier alpha value is -1.02. The molecule has 8 heteroatoms. The van der Waals surface area contributed by atoms with Crippen LogP contribution in [0.15, 0.2) is 28.7 Å². The summed E-state index contributed by atoms with van der Waals surface area (Å²) in [6, 6.07) is 4.75. The third kappa shape index (κ3) is 3.26. The van der Waals surface area contributed by atoms with Gasteiger partial charge < -0.3 is 0 Å². The number of halogens is 1. The molecule has 2 heterocycles. The van der Waals surface area contributed by atoms with Crippen LogP contribution < -0.4 is 4.72 Å². The van der Waals surface area contributed by atoms with E-state index in [0.29, 0.717) is 10.0 Å². The molecule has 0 saturated heterocycles. The van der Waals surface area contributed by atoms with Crippen LogP contribution in [-0.4, -0.2) is 18.4 Å². The summed E-state index contributed by atoms with van der Waals surface area (Å²) in [5.41, 5.74) is 1.41. The van der Waals surface area contributed by atoms with Gasteiger partial charge in [0.25, 0.3) is 0 Å². The molecule has 96 valence electrons. The van der Waals surface area contributed by atoms with Gasteiger partial charge in [-0.2, -0.15) is 0 Å². The van der Waals surface area contributed by atoms with E-state index in [-0.39, 0.29) is 10.8 Å². The number of thiophene rings is 1. The number of aryl methyl sites for hydroxylation is 1. The molecule has 0 aliphatic heterocycles. The molecule has 0 aliphatic carbocycles. The number of sulfonamides is 1. The fourth-order valence-electron chi connectivity index (χ4n) is 1.29. The van der Waals surface area contributed by atoms with Crippen LogP contribution >= 0.6 is 22.9 Å². The molecule has 0 spiro atoms. The Morgan fingerprint density at radius 1 is 1.39 bits per heavy atom. The van der Waals surface area contributed by atoms with Crippen molar-refractivity contribution in [3.8, 4) is 0 Å². The zero-order valence-electron chi connectivity index (χ0n) is 9.42. The normalized spacial score (nSPS) is 11.7. The Kier molecular flexibility index (Phi) is 3.96. The quantitative estimate of drug-likeness (QED) is 0.937. The van der Waals surface area contributed by atoms with E-state index in [2.05, 4.69) is 14.7 Å². The zero-order valence-corrected chi connectivity index (χ0v) is 11.8. The van der Waals surface area contributed by atoms with Gasteiger partial charge in [-0.1, -0.05) is 11.6 Å². The van der Waals surface area contributed by atoms with Crippen molar-refractivity contribution < 1.29 is 8.42 Å². The molecule has 5 nitrogen and oxygen atoms in total. The third-order valence-electron chi connectivity index (χ3n) is 2.12. The predicted octanol–water partition coefficient (Wildman–Crippen LogP) is 1.98. The second kappa shape index (κ2) is 5.31. The van der Waals surface area contributed by atoms with Gasteiger partial charge in [-0.05, 0) is 25.1 Å².